The first-order valence-corrected chi connectivity index (χ1v) is 11.2. The number of hydrogen-bond acceptors (Lipinski definition) is 6. The van der Waals surface area contributed by atoms with Gasteiger partial charge in [-0.25, -0.2) is 9.59 Å². The Bertz CT molecular complexity index is 1380. The van der Waals surface area contributed by atoms with Crippen molar-refractivity contribution in [2.45, 2.75) is 0 Å². The summed E-state index contributed by atoms with van der Waals surface area (Å²) in [6, 6.07) is 31.9. The van der Waals surface area contributed by atoms with Gasteiger partial charge in [-0.1, -0.05) is 60.7 Å². The number of carbonyl (C=O) groups excluding carboxylic acids is 2. The number of rotatable bonds is 6. The molecule has 5 rings (SSSR count). The molecule has 0 spiro atoms. The Hall–Kier alpha value is -5.04. The van der Waals surface area contributed by atoms with Crippen LogP contribution in [0.2, 0.25) is 0 Å². The van der Waals surface area contributed by atoms with Crippen LogP contribution in [0.3, 0.4) is 0 Å². The number of nitrogens with zero attached hydrogens (tertiary/aromatic N) is 3. The van der Waals surface area contributed by atoms with Gasteiger partial charge in [-0.05, 0) is 48.5 Å². The van der Waals surface area contributed by atoms with Gasteiger partial charge in [0, 0.05) is 18.2 Å². The molecule has 0 atom stereocenters. The maximum atomic E-state index is 12.4. The standard InChI is InChI=1S/C29H21N3O4/c1-32-26(20-12-16-22(17-13-20)28(33)35-24-8-4-2-5-9-24)30-31-27(32)21-14-18-23(19-15-21)29(34)36-25-10-6-3-7-11-25/h2-19H,1H3. The highest BCUT2D eigenvalue weighted by atomic mass is 16.5. The molecule has 1 heterocycles. The molecule has 0 unspecified atom stereocenters. The maximum absolute atomic E-state index is 12.4. The predicted molar refractivity (Wildman–Crippen MR) is 135 cm³/mol. The number of hydrogen-bond donors (Lipinski definition) is 0. The van der Waals surface area contributed by atoms with Crippen molar-refractivity contribution in [3.8, 4) is 34.3 Å². The largest absolute Gasteiger partial charge is 0.423 e. The topological polar surface area (TPSA) is 83.3 Å². The molecule has 0 amide bonds. The van der Waals surface area contributed by atoms with Crippen LogP contribution >= 0.6 is 0 Å². The zero-order chi connectivity index (χ0) is 24.9. The molecule has 0 aliphatic heterocycles. The lowest BCUT2D eigenvalue weighted by molar-refractivity contribution is 0.0725. The summed E-state index contributed by atoms with van der Waals surface area (Å²) in [5.74, 6) is 1.39. The zero-order valence-corrected chi connectivity index (χ0v) is 19.4. The van der Waals surface area contributed by atoms with Gasteiger partial charge in [0.05, 0.1) is 11.1 Å². The molecule has 1 aromatic heterocycles. The maximum Gasteiger partial charge on any atom is 0.343 e. The number of ether oxygens (including phenoxy) is 2. The first kappa shape index (κ1) is 22.7. The number of para-hydroxylation sites is 2. The van der Waals surface area contributed by atoms with Gasteiger partial charge in [-0.15, -0.1) is 10.2 Å². The average Bonchev–Trinajstić information content (AvgIpc) is 3.31. The van der Waals surface area contributed by atoms with Crippen molar-refractivity contribution in [3.63, 3.8) is 0 Å². The Balaban J connectivity index is 1.30. The lowest BCUT2D eigenvalue weighted by Crippen LogP contribution is -2.08. The van der Waals surface area contributed by atoms with Crippen LogP contribution in [0.1, 0.15) is 20.7 Å². The summed E-state index contributed by atoms with van der Waals surface area (Å²) in [5.41, 5.74) is 2.47. The number of carbonyl (C=O) groups is 2. The minimum Gasteiger partial charge on any atom is -0.423 e. The average molecular weight is 476 g/mol. The summed E-state index contributed by atoms with van der Waals surface area (Å²) in [7, 11) is 1.86. The van der Waals surface area contributed by atoms with E-state index >= 15 is 0 Å². The molecule has 0 saturated carbocycles. The molecule has 7 nitrogen and oxygen atoms in total. The Labute approximate surface area is 207 Å². The van der Waals surface area contributed by atoms with E-state index < -0.39 is 11.9 Å². The number of esters is 2. The van der Waals surface area contributed by atoms with Gasteiger partial charge in [-0.3, -0.25) is 0 Å². The van der Waals surface area contributed by atoms with Crippen molar-refractivity contribution in [1.82, 2.24) is 14.8 Å². The fraction of sp³-hybridized carbons (Fsp3) is 0.0345. The van der Waals surface area contributed by atoms with E-state index in [2.05, 4.69) is 10.2 Å². The molecule has 0 aliphatic carbocycles. The Morgan fingerprint density at radius 3 is 1.28 bits per heavy atom. The molecular weight excluding hydrogens is 454 g/mol. The van der Waals surface area contributed by atoms with E-state index in [9.17, 15) is 9.59 Å². The monoisotopic (exact) mass is 475 g/mol. The van der Waals surface area contributed by atoms with Crippen molar-refractivity contribution < 1.29 is 19.1 Å². The fourth-order valence-corrected chi connectivity index (χ4v) is 3.65. The van der Waals surface area contributed by atoms with Crippen LogP contribution in [-0.2, 0) is 7.05 Å². The van der Waals surface area contributed by atoms with E-state index in [4.69, 9.17) is 9.47 Å². The van der Waals surface area contributed by atoms with E-state index in [1.807, 2.05) is 23.7 Å². The normalized spacial score (nSPS) is 10.6. The van der Waals surface area contributed by atoms with Gasteiger partial charge < -0.3 is 14.0 Å². The molecule has 0 aliphatic rings. The second kappa shape index (κ2) is 10.1. The molecule has 36 heavy (non-hydrogen) atoms. The highest BCUT2D eigenvalue weighted by Gasteiger charge is 2.15. The molecule has 0 saturated heterocycles. The minimum atomic E-state index is -0.433. The summed E-state index contributed by atoms with van der Waals surface area (Å²) in [4.78, 5) is 24.8. The first-order chi connectivity index (χ1) is 17.6. The zero-order valence-electron chi connectivity index (χ0n) is 19.4. The molecule has 7 heteroatoms. The summed E-state index contributed by atoms with van der Waals surface area (Å²) in [6.45, 7) is 0. The summed E-state index contributed by atoms with van der Waals surface area (Å²) >= 11 is 0. The quantitative estimate of drug-likeness (QED) is 0.235. The van der Waals surface area contributed by atoms with E-state index in [0.717, 1.165) is 11.1 Å². The smallest absolute Gasteiger partial charge is 0.343 e. The lowest BCUT2D eigenvalue weighted by atomic mass is 10.1. The van der Waals surface area contributed by atoms with Gasteiger partial charge in [0.25, 0.3) is 0 Å². The first-order valence-electron chi connectivity index (χ1n) is 11.2. The SMILES string of the molecule is Cn1c(-c2ccc(C(=O)Oc3ccccc3)cc2)nnc1-c1ccc(C(=O)Oc2ccccc2)cc1. The highest BCUT2D eigenvalue weighted by molar-refractivity contribution is 5.92. The molecule has 5 aromatic rings. The summed E-state index contributed by atoms with van der Waals surface area (Å²) < 4.78 is 12.6. The third-order valence-corrected chi connectivity index (χ3v) is 5.54. The van der Waals surface area contributed by atoms with Crippen LogP contribution in [0, 0.1) is 0 Å². The fourth-order valence-electron chi connectivity index (χ4n) is 3.65. The van der Waals surface area contributed by atoms with Crippen molar-refractivity contribution in [3.05, 3.63) is 120 Å². The van der Waals surface area contributed by atoms with Crippen LogP contribution < -0.4 is 9.47 Å². The van der Waals surface area contributed by atoms with Crippen molar-refractivity contribution in [2.75, 3.05) is 0 Å². The van der Waals surface area contributed by atoms with Gasteiger partial charge >= 0.3 is 11.9 Å². The molecular formula is C29H21N3O4. The number of aromatic nitrogens is 3. The van der Waals surface area contributed by atoms with Crippen molar-refractivity contribution in [2.24, 2.45) is 7.05 Å². The summed E-state index contributed by atoms with van der Waals surface area (Å²) in [6.07, 6.45) is 0. The van der Waals surface area contributed by atoms with E-state index in [0.29, 0.717) is 34.3 Å². The van der Waals surface area contributed by atoms with E-state index in [-0.39, 0.29) is 0 Å². The third-order valence-electron chi connectivity index (χ3n) is 5.54. The van der Waals surface area contributed by atoms with Crippen LogP contribution in [0.4, 0.5) is 0 Å². The Kier molecular flexibility index (Phi) is 6.36. The minimum absolute atomic E-state index is 0.433. The lowest BCUT2D eigenvalue weighted by Gasteiger charge is -2.07. The molecule has 0 bridgehead atoms. The molecule has 0 fully saturated rings. The van der Waals surface area contributed by atoms with Crippen molar-refractivity contribution in [1.29, 1.82) is 0 Å². The van der Waals surface area contributed by atoms with Crippen LogP contribution in [0.5, 0.6) is 11.5 Å². The molecule has 4 aromatic carbocycles. The van der Waals surface area contributed by atoms with Crippen LogP contribution in [0.25, 0.3) is 22.8 Å². The second-order valence-corrected chi connectivity index (χ2v) is 7.97. The van der Waals surface area contributed by atoms with Gasteiger partial charge in [0.1, 0.15) is 11.5 Å². The summed E-state index contributed by atoms with van der Waals surface area (Å²) in [5, 5.41) is 8.65. The van der Waals surface area contributed by atoms with E-state index in [1.54, 1.807) is 97.1 Å². The van der Waals surface area contributed by atoms with Crippen molar-refractivity contribution >= 4 is 11.9 Å². The number of benzene rings is 4. The molecule has 0 N–H and O–H groups in total. The van der Waals surface area contributed by atoms with Crippen LogP contribution in [-0.4, -0.2) is 26.7 Å². The molecule has 176 valence electrons. The Morgan fingerprint density at radius 2 is 0.917 bits per heavy atom. The molecule has 0 radical (unpaired) electrons. The van der Waals surface area contributed by atoms with Gasteiger partial charge in [0.2, 0.25) is 0 Å². The second-order valence-electron chi connectivity index (χ2n) is 7.97. The third kappa shape index (κ3) is 4.90. The van der Waals surface area contributed by atoms with Gasteiger partial charge in [0.15, 0.2) is 11.6 Å². The Morgan fingerprint density at radius 1 is 0.556 bits per heavy atom. The van der Waals surface area contributed by atoms with E-state index in [1.165, 1.54) is 0 Å². The highest BCUT2D eigenvalue weighted by Crippen LogP contribution is 2.25. The van der Waals surface area contributed by atoms with Gasteiger partial charge in [-0.2, -0.15) is 0 Å². The van der Waals surface area contributed by atoms with Crippen LogP contribution in [0.15, 0.2) is 109 Å². The predicted octanol–water partition coefficient (Wildman–Crippen LogP) is 5.59.